The third kappa shape index (κ3) is 6.42. The standard InChI is InChI=1S/C102H57N13O7/c1-104-16-4-6-18-112-36-61-41-14-22-110(19-7-15-103)58-32-56-80-86-85-78-47-29-46-67-45-27-39-26-42-44(99(119)52-34-106-93-88(76(52)66(42)45)84(67)77-53(100(93)120)35-111(20-8-17-105-2)57-30-49-71(72(46)81(57)77)73(47)87(86)92(108-56)79(49)102(121)122)23-37-24-50-74-65(39)101-109-91(78)82-60-31-48-68-54(107-55-33-59(83(74)97(69(48)55)115(60)101)113(94(50)62(116)25-37)21-5-3-9-63(117)118)13-11-38-10-12-40-43(64(38)68)28-51-75(82)90(85)98(89(80)70(41)58)114(61)96(51)95(40)112/h3-8,10-14,16-17,19-20,22-25,28,30-36,42,60,68,87,89,97,101,116,119-120H,9,18,21,26-27,29H2,1-2H3,(H,117,118)(H,121,122)/b5-3+,6-4+,19-7+,20-8+,44-23?,65-39-,104-16?,105-17?. The van der Waals surface area contributed by atoms with Gasteiger partial charge >= 0.3 is 11.9 Å². The predicted molar refractivity (Wildman–Crippen MR) is 468 cm³/mol. The molecule has 20 nitrogen and oxygen atoms in total. The van der Waals surface area contributed by atoms with Crippen molar-refractivity contribution in [1.82, 2.24) is 14.8 Å². The van der Waals surface area contributed by atoms with Gasteiger partial charge < -0.3 is 50.0 Å². The molecular weight excluding hydrogens is 1520 g/mol. The van der Waals surface area contributed by atoms with E-state index in [0.29, 0.717) is 75.6 Å². The number of phenolic OH excluding ortho intramolecular Hbond substituents is 2. The molecule has 5 aromatic carbocycles. The van der Waals surface area contributed by atoms with Crippen LogP contribution in [0.3, 0.4) is 0 Å². The highest BCUT2D eigenvalue weighted by atomic mass is 16.4. The average Bonchev–Trinajstić information content (AvgIpc) is 0.630. The number of aliphatic imine (C=N–C) groups is 5. The number of hydrogen-bond donors (Lipinski definition) is 5. The molecule has 0 saturated carbocycles. The molecule has 572 valence electrons. The molecule has 26 aliphatic rings. The van der Waals surface area contributed by atoms with Gasteiger partial charge in [0.05, 0.1) is 111 Å². The Bertz CT molecular complexity index is 8240. The summed E-state index contributed by atoms with van der Waals surface area (Å²) in [7, 11) is 3.52. The number of allylic oxidation sites excluding steroid dienone is 20. The lowest BCUT2D eigenvalue weighted by atomic mass is 9.50. The zero-order valence-corrected chi connectivity index (χ0v) is 64.7. The van der Waals surface area contributed by atoms with Crippen LogP contribution < -0.4 is 30.0 Å². The van der Waals surface area contributed by atoms with Crippen molar-refractivity contribution in [3.05, 3.63) is 324 Å². The highest BCUT2D eigenvalue weighted by molar-refractivity contribution is 6.37. The van der Waals surface area contributed by atoms with E-state index >= 15 is 4.79 Å². The number of rotatable bonds is 11. The molecule has 122 heavy (non-hydrogen) atoms. The summed E-state index contributed by atoms with van der Waals surface area (Å²) in [5.74, 6) is -4.08. The second-order valence-electron chi connectivity index (χ2n) is 35.9. The molecule has 8 unspecified atom stereocenters. The Kier molecular flexibility index (Phi) is 10.3. The lowest BCUT2D eigenvalue weighted by Gasteiger charge is -2.61. The van der Waals surface area contributed by atoms with Gasteiger partial charge in [-0.3, -0.25) is 39.6 Å². The van der Waals surface area contributed by atoms with Gasteiger partial charge in [-0.2, -0.15) is 5.26 Å². The van der Waals surface area contributed by atoms with Gasteiger partial charge in [0.1, 0.15) is 23.2 Å². The minimum absolute atomic E-state index is 0.00739. The van der Waals surface area contributed by atoms with Gasteiger partial charge in [-0.1, -0.05) is 48.1 Å². The van der Waals surface area contributed by atoms with Crippen molar-refractivity contribution in [3.8, 4) is 28.7 Å². The highest BCUT2D eigenvalue weighted by Gasteiger charge is 2.67. The molecule has 23 heterocycles. The summed E-state index contributed by atoms with van der Waals surface area (Å²) in [5.41, 5.74) is 44.9. The number of nitriles is 1. The number of aliphatic carboxylic acids is 2. The Labute approximate surface area is 691 Å². The van der Waals surface area contributed by atoms with Crippen LogP contribution in [0.2, 0.25) is 0 Å². The normalized spacial score (nSPS) is 27.6. The van der Waals surface area contributed by atoms with Crippen LogP contribution in [0.4, 0.5) is 22.7 Å². The molecular formula is C102H57N13O7. The Hall–Kier alpha value is -15.3. The van der Waals surface area contributed by atoms with Crippen molar-refractivity contribution in [1.29, 1.82) is 5.26 Å². The van der Waals surface area contributed by atoms with Gasteiger partial charge in [0.25, 0.3) is 0 Å². The van der Waals surface area contributed by atoms with Gasteiger partial charge in [-0.05, 0) is 192 Å². The maximum absolute atomic E-state index is 15.8. The predicted octanol–water partition coefficient (Wildman–Crippen LogP) is 14.6. The Balaban J connectivity index is 0.831. The number of aromatic hydroxyl groups is 2. The number of aromatic nitrogens is 1. The number of anilines is 4. The number of pyridine rings is 1. The number of carboxylic acids is 2. The van der Waals surface area contributed by atoms with E-state index in [1.807, 2.05) is 58.9 Å². The number of nitrogens with zero attached hydrogens (tertiary/aromatic N) is 13. The number of fused-ring (bicyclic) bond motifs is 1. The van der Waals surface area contributed by atoms with Crippen LogP contribution in [0, 0.1) is 29.1 Å². The number of phenols is 2. The van der Waals surface area contributed by atoms with Crippen LogP contribution in [0.1, 0.15) is 87.2 Å². The van der Waals surface area contributed by atoms with Crippen molar-refractivity contribution >= 4 is 149 Å². The minimum atomic E-state index is -1.11. The first-order valence-electron chi connectivity index (χ1n) is 41.9. The zero-order chi connectivity index (χ0) is 79.9. The minimum Gasteiger partial charge on any atom is -0.507 e. The Morgan fingerprint density at radius 3 is 2.44 bits per heavy atom. The molecule has 0 spiro atoms. The topological polar surface area (TPSA) is 253 Å². The molecule has 32 rings (SSSR count). The molecule has 4 aliphatic carbocycles. The second-order valence-corrected chi connectivity index (χ2v) is 35.9. The van der Waals surface area contributed by atoms with Crippen molar-refractivity contribution < 1.29 is 35.1 Å². The molecule has 0 amide bonds. The molecule has 62 bridgehead atoms. The van der Waals surface area contributed by atoms with Gasteiger partial charge in [-0.15, -0.1) is 0 Å². The number of aliphatic hydroxyl groups excluding tert-OH is 1. The Morgan fingerprint density at radius 2 is 1.57 bits per heavy atom. The fourth-order valence-corrected chi connectivity index (χ4v) is 27.6. The first kappa shape index (κ1) is 62.8. The second kappa shape index (κ2) is 20.0. The summed E-state index contributed by atoms with van der Waals surface area (Å²) < 4.78 is 0. The van der Waals surface area contributed by atoms with Crippen molar-refractivity contribution in [3.63, 3.8) is 0 Å². The van der Waals surface area contributed by atoms with E-state index in [2.05, 4.69) is 127 Å². The van der Waals surface area contributed by atoms with Crippen molar-refractivity contribution in [2.45, 2.75) is 49.9 Å². The third-order valence-electron chi connectivity index (χ3n) is 31.2. The molecule has 0 fully saturated rings. The summed E-state index contributed by atoms with van der Waals surface area (Å²) in [5, 5.41) is 79.0. The monoisotopic (exact) mass is 1580 g/mol. The third-order valence-corrected chi connectivity index (χ3v) is 31.2. The lowest BCUT2D eigenvalue weighted by molar-refractivity contribution is -0.136. The number of carbonyl (C=O) groups is 2. The molecule has 0 saturated heterocycles. The molecule has 0 radical (unpaired) electrons. The van der Waals surface area contributed by atoms with E-state index in [0.717, 1.165) is 235 Å². The maximum Gasteiger partial charge on any atom is 0.338 e. The van der Waals surface area contributed by atoms with Crippen LogP contribution in [-0.4, -0.2) is 127 Å². The number of benzene rings is 5. The zero-order valence-electron chi connectivity index (χ0n) is 64.7. The number of carboxylic acid groups (broad SMARTS) is 2. The fourth-order valence-electron chi connectivity index (χ4n) is 27.6. The SMILES string of the molecule is CN=C/C=C/CN1C=C2C3=C4C(=CC5=NC6=C(C(=O)O)c7cc8c9c%10c7C7=C%11CC%10=C%10C%12=C%13c%14c(cnc%15c(O)c(c-9c%10c%14%15)=CN8/C=C/C=NC)=C(O)C8=Cc9cc(O)c%10c(c9)C9=C%14C(=CC%15=C%16C%17=CC%18C%19=C%20C%21=C(C1=c1ccc%22c(c1=C%21)C%17C(=N%15)C=C%22)N2C1=C%20C(=C%11C%19=NC(/C9=C(\C%12)CC8%13)N%18C%16%14)C(=C5C41)C67)N%10C/C=C/CC(=O)O)N(/C=C/C#N)C=C3. The van der Waals surface area contributed by atoms with Gasteiger partial charge in [-0.25, -0.2) is 4.79 Å². The van der Waals surface area contributed by atoms with Crippen LogP contribution in [0.5, 0.6) is 11.5 Å². The first-order chi connectivity index (χ1) is 59.9. The maximum atomic E-state index is 15.8. The molecule has 20 heteroatoms. The van der Waals surface area contributed by atoms with E-state index in [4.69, 9.17) is 20.0 Å². The Morgan fingerprint density at radius 1 is 0.680 bits per heavy atom. The molecule has 1 aromatic heterocycles. The summed E-state index contributed by atoms with van der Waals surface area (Å²) >= 11 is 0. The fraction of sp³-hybridized carbons (Fsp3) is 0.147. The van der Waals surface area contributed by atoms with Gasteiger partial charge in [0, 0.05) is 205 Å². The highest BCUT2D eigenvalue weighted by Crippen LogP contribution is 2.77. The van der Waals surface area contributed by atoms with Crippen molar-refractivity contribution in [2.75, 3.05) is 46.8 Å². The van der Waals surface area contributed by atoms with Crippen molar-refractivity contribution in [2.24, 2.45) is 42.7 Å². The number of dihydropyridines is 1. The van der Waals surface area contributed by atoms with E-state index in [1.165, 1.54) is 17.2 Å². The number of hydrogen-bond acceptors (Lipinski definition) is 18. The summed E-state index contributed by atoms with van der Waals surface area (Å²) in [6.45, 7) is 0.692. The van der Waals surface area contributed by atoms with E-state index in [-0.39, 0.29) is 41.7 Å². The van der Waals surface area contributed by atoms with Crippen LogP contribution in [0.25, 0.3) is 95.9 Å². The van der Waals surface area contributed by atoms with Gasteiger partial charge in [0.2, 0.25) is 0 Å². The van der Waals surface area contributed by atoms with E-state index < -0.39 is 47.9 Å². The summed E-state index contributed by atoms with van der Waals surface area (Å²) in [4.78, 5) is 75.7. The summed E-state index contributed by atoms with van der Waals surface area (Å²) in [6.07, 6.45) is 42.9. The first-order valence-corrected chi connectivity index (χ1v) is 41.9. The smallest absolute Gasteiger partial charge is 0.338 e. The summed E-state index contributed by atoms with van der Waals surface area (Å²) in [6, 6.07) is 14.6. The van der Waals surface area contributed by atoms with E-state index in [1.54, 1.807) is 32.6 Å². The number of aliphatic hydroxyl groups is 1. The molecule has 8 atom stereocenters. The quantitative estimate of drug-likeness (QED) is 0.0459. The average molecular weight is 1580 g/mol. The largest absolute Gasteiger partial charge is 0.507 e. The van der Waals surface area contributed by atoms with Crippen LogP contribution in [0.15, 0.2) is 283 Å². The lowest BCUT2D eigenvalue weighted by Crippen LogP contribution is -2.62. The molecule has 6 aromatic rings. The van der Waals surface area contributed by atoms with Crippen LogP contribution in [-0.2, 0) is 9.59 Å². The van der Waals surface area contributed by atoms with Crippen LogP contribution >= 0.6 is 0 Å². The molecule has 5 N–H and O–H groups in total. The molecule has 22 aliphatic heterocycles. The van der Waals surface area contributed by atoms with E-state index in [9.17, 15) is 35.6 Å². The van der Waals surface area contributed by atoms with Gasteiger partial charge in [0.15, 0.2) is 5.75 Å².